The van der Waals surface area contributed by atoms with E-state index in [-0.39, 0.29) is 0 Å². The summed E-state index contributed by atoms with van der Waals surface area (Å²) in [5.41, 5.74) is 11.9. The van der Waals surface area contributed by atoms with E-state index in [4.69, 9.17) is 9.97 Å². The molecule has 58 heavy (non-hydrogen) atoms. The second-order valence-corrected chi connectivity index (χ2v) is 14.9. The van der Waals surface area contributed by atoms with E-state index in [1.807, 2.05) is 18.2 Å². The van der Waals surface area contributed by atoms with Gasteiger partial charge in [-0.1, -0.05) is 170 Å². The highest BCUT2D eigenvalue weighted by Crippen LogP contribution is 2.44. The molecule has 4 heteroatoms. The molecule has 0 unspecified atom stereocenters. The van der Waals surface area contributed by atoms with Gasteiger partial charge in [-0.25, -0.2) is 9.97 Å². The van der Waals surface area contributed by atoms with Crippen LogP contribution < -0.4 is 0 Å². The third-order valence-corrected chi connectivity index (χ3v) is 11.7. The van der Waals surface area contributed by atoms with E-state index in [1.165, 1.54) is 54.4 Å². The lowest BCUT2D eigenvalue weighted by molar-refractivity contribution is 1.15. The first-order valence-electron chi connectivity index (χ1n) is 19.8. The van der Waals surface area contributed by atoms with Crippen LogP contribution in [-0.2, 0) is 0 Å². The Morgan fingerprint density at radius 1 is 0.328 bits per heavy atom. The number of hydrogen-bond donors (Lipinski definition) is 0. The first kappa shape index (κ1) is 32.4. The zero-order chi connectivity index (χ0) is 38.2. The van der Waals surface area contributed by atoms with Crippen molar-refractivity contribution < 1.29 is 0 Å². The Labute approximate surface area is 334 Å². The second-order valence-electron chi connectivity index (χ2n) is 14.9. The highest BCUT2D eigenvalue weighted by atomic mass is 15.0. The van der Waals surface area contributed by atoms with E-state index in [9.17, 15) is 0 Å². The molecule has 3 heterocycles. The summed E-state index contributed by atoms with van der Waals surface area (Å²) in [4.78, 5) is 10.5. The fourth-order valence-electron chi connectivity index (χ4n) is 9.19. The summed E-state index contributed by atoms with van der Waals surface area (Å²) < 4.78 is 4.94. The van der Waals surface area contributed by atoms with Crippen molar-refractivity contribution in [3.05, 3.63) is 206 Å². The first-order chi connectivity index (χ1) is 28.8. The van der Waals surface area contributed by atoms with Crippen LogP contribution in [-0.4, -0.2) is 19.1 Å². The molecule has 0 aliphatic heterocycles. The van der Waals surface area contributed by atoms with Crippen LogP contribution in [0.3, 0.4) is 0 Å². The van der Waals surface area contributed by atoms with Crippen molar-refractivity contribution in [1.82, 2.24) is 19.1 Å². The molecule has 0 aliphatic carbocycles. The third-order valence-electron chi connectivity index (χ3n) is 11.7. The Morgan fingerprint density at radius 3 is 1.55 bits per heavy atom. The number of fused-ring (bicyclic) bond motifs is 9. The predicted molar refractivity (Wildman–Crippen MR) is 242 cm³/mol. The number of benzene rings is 9. The number of aromatic nitrogens is 4. The van der Waals surface area contributed by atoms with Crippen LogP contribution in [0.25, 0.3) is 110 Å². The highest BCUT2D eigenvalue weighted by Gasteiger charge is 2.23. The summed E-state index contributed by atoms with van der Waals surface area (Å²) in [5, 5.41) is 9.53. The minimum absolute atomic E-state index is 0.702. The summed E-state index contributed by atoms with van der Waals surface area (Å²) in [6, 6.07) is 73.7. The Hall–Kier alpha value is -7.82. The topological polar surface area (TPSA) is 35.6 Å². The van der Waals surface area contributed by atoms with Gasteiger partial charge in [0.05, 0.1) is 39.1 Å². The Morgan fingerprint density at radius 2 is 0.845 bits per heavy atom. The van der Waals surface area contributed by atoms with Gasteiger partial charge in [-0.2, -0.15) is 0 Å². The smallest absolute Gasteiger partial charge is 0.160 e. The number of hydrogen-bond acceptors (Lipinski definition) is 2. The van der Waals surface area contributed by atoms with Crippen molar-refractivity contribution >= 4 is 65.2 Å². The van der Waals surface area contributed by atoms with Crippen molar-refractivity contribution in [2.45, 2.75) is 0 Å². The molecule has 0 radical (unpaired) electrons. The molecule has 0 saturated heterocycles. The average molecular weight is 739 g/mol. The molecule has 3 aromatic heterocycles. The summed E-state index contributed by atoms with van der Waals surface area (Å²) in [6.07, 6.45) is 0. The van der Waals surface area contributed by atoms with Gasteiger partial charge in [0.15, 0.2) is 5.82 Å². The highest BCUT2D eigenvalue weighted by molar-refractivity contribution is 6.24. The molecule has 0 fully saturated rings. The van der Waals surface area contributed by atoms with Gasteiger partial charge in [0.25, 0.3) is 0 Å². The Balaban J connectivity index is 1.16. The second kappa shape index (κ2) is 12.9. The maximum Gasteiger partial charge on any atom is 0.160 e. The molecular weight excluding hydrogens is 705 g/mol. The van der Waals surface area contributed by atoms with Crippen LogP contribution >= 0.6 is 0 Å². The quantitative estimate of drug-likeness (QED) is 0.176. The molecule has 9 aromatic carbocycles. The van der Waals surface area contributed by atoms with Crippen LogP contribution in [0.1, 0.15) is 0 Å². The van der Waals surface area contributed by atoms with Gasteiger partial charge >= 0.3 is 0 Å². The zero-order valence-electron chi connectivity index (χ0n) is 31.4. The number of nitrogens with zero attached hydrogens (tertiary/aromatic N) is 4. The number of para-hydroxylation sites is 3. The normalized spacial score (nSPS) is 11.8. The standard InChI is InChI=1S/C54H34N4/c1-3-17-36(18-4-1)54-55-47(40-27-15-19-35-16-7-8-22-38(35)40)34-48(56-54)41-32-33-51(42-24-10-9-23-39(41)42)58-50-29-14-12-26-44(50)46-31-30-45-43-25-11-13-28-49(43)57(52(45)53(46)58)37-20-5-2-6-21-37/h1-34H. The predicted octanol–water partition coefficient (Wildman–Crippen LogP) is 14.0. The van der Waals surface area contributed by atoms with Gasteiger partial charge in [-0.3, -0.25) is 0 Å². The molecule has 0 saturated carbocycles. The fourth-order valence-corrected chi connectivity index (χ4v) is 9.19. The molecule has 0 N–H and O–H groups in total. The molecule has 0 bridgehead atoms. The third kappa shape index (κ3) is 4.88. The minimum Gasteiger partial charge on any atom is -0.307 e. The first-order valence-corrected chi connectivity index (χ1v) is 19.8. The Kier molecular flexibility index (Phi) is 7.20. The van der Waals surface area contributed by atoms with E-state index in [0.29, 0.717) is 5.82 Å². The molecule has 12 rings (SSSR count). The summed E-state index contributed by atoms with van der Waals surface area (Å²) in [7, 11) is 0. The van der Waals surface area contributed by atoms with E-state index < -0.39 is 0 Å². The van der Waals surface area contributed by atoms with Gasteiger partial charge in [0.1, 0.15) is 0 Å². The molecule has 0 aliphatic rings. The molecule has 12 aromatic rings. The molecule has 0 spiro atoms. The summed E-state index contributed by atoms with van der Waals surface area (Å²) in [5.74, 6) is 0.702. The number of rotatable bonds is 5. The monoisotopic (exact) mass is 738 g/mol. The maximum atomic E-state index is 5.31. The van der Waals surface area contributed by atoms with Crippen LogP contribution in [0.4, 0.5) is 0 Å². The van der Waals surface area contributed by atoms with Crippen molar-refractivity contribution in [2.24, 2.45) is 0 Å². The molecular formula is C54H34N4. The van der Waals surface area contributed by atoms with Crippen LogP contribution in [0.15, 0.2) is 206 Å². The average Bonchev–Trinajstić information content (AvgIpc) is 3.82. The summed E-state index contributed by atoms with van der Waals surface area (Å²) >= 11 is 0. The largest absolute Gasteiger partial charge is 0.307 e. The lowest BCUT2D eigenvalue weighted by Gasteiger charge is -2.17. The molecule has 270 valence electrons. The van der Waals surface area contributed by atoms with Crippen LogP contribution in [0.2, 0.25) is 0 Å². The lowest BCUT2D eigenvalue weighted by Crippen LogP contribution is -2.00. The van der Waals surface area contributed by atoms with Gasteiger partial charge in [-0.15, -0.1) is 0 Å². The van der Waals surface area contributed by atoms with Gasteiger partial charge in [0, 0.05) is 49.3 Å². The molecule has 4 nitrogen and oxygen atoms in total. The van der Waals surface area contributed by atoms with E-state index in [1.54, 1.807) is 0 Å². The van der Waals surface area contributed by atoms with E-state index in [0.717, 1.165) is 50.2 Å². The van der Waals surface area contributed by atoms with E-state index >= 15 is 0 Å². The van der Waals surface area contributed by atoms with Crippen molar-refractivity contribution in [2.75, 3.05) is 0 Å². The van der Waals surface area contributed by atoms with Gasteiger partial charge in [-0.05, 0) is 52.6 Å². The molecule has 0 amide bonds. The van der Waals surface area contributed by atoms with Crippen molar-refractivity contribution in [3.8, 4) is 45.3 Å². The lowest BCUT2D eigenvalue weighted by atomic mass is 9.97. The van der Waals surface area contributed by atoms with E-state index in [2.05, 4.69) is 197 Å². The maximum absolute atomic E-state index is 5.31. The minimum atomic E-state index is 0.702. The SMILES string of the molecule is c1ccc(-c2nc(-c3cccc4ccccc34)cc(-c3ccc(-n4c5ccccc5c5ccc6c7ccccc7n(-c7ccccc7)c6c54)c4ccccc34)n2)cc1. The van der Waals surface area contributed by atoms with Gasteiger partial charge < -0.3 is 9.13 Å². The van der Waals surface area contributed by atoms with Crippen LogP contribution in [0.5, 0.6) is 0 Å². The van der Waals surface area contributed by atoms with Crippen molar-refractivity contribution in [1.29, 1.82) is 0 Å². The van der Waals surface area contributed by atoms with Crippen LogP contribution in [0, 0.1) is 0 Å². The fraction of sp³-hybridized carbons (Fsp3) is 0. The zero-order valence-corrected chi connectivity index (χ0v) is 31.4. The molecule has 0 atom stereocenters. The van der Waals surface area contributed by atoms with Crippen molar-refractivity contribution in [3.63, 3.8) is 0 Å². The Bertz CT molecular complexity index is 3560. The summed E-state index contributed by atoms with van der Waals surface area (Å²) in [6.45, 7) is 0. The van der Waals surface area contributed by atoms with Gasteiger partial charge in [0.2, 0.25) is 0 Å².